The number of fused-ring (bicyclic) bond motifs is 10. The van der Waals surface area contributed by atoms with Gasteiger partial charge in [-0.15, -0.1) is 34.0 Å². The molecular formula is C50H29BN2OS3. The van der Waals surface area contributed by atoms with E-state index in [1.807, 2.05) is 11.3 Å². The summed E-state index contributed by atoms with van der Waals surface area (Å²) >= 11 is 5.48. The van der Waals surface area contributed by atoms with Gasteiger partial charge in [0.15, 0.2) is 0 Å². The van der Waals surface area contributed by atoms with Crippen LogP contribution in [0.1, 0.15) is 0 Å². The highest BCUT2D eigenvalue weighted by molar-refractivity contribution is 7.26. The third-order valence-corrected chi connectivity index (χ3v) is 14.8. The van der Waals surface area contributed by atoms with E-state index in [0.717, 1.165) is 28.0 Å². The third-order valence-electron chi connectivity index (χ3n) is 11.9. The molecular weight excluding hydrogens is 752 g/mol. The molecule has 6 heterocycles. The second-order valence-electron chi connectivity index (χ2n) is 14.8. The van der Waals surface area contributed by atoms with E-state index >= 15 is 0 Å². The van der Waals surface area contributed by atoms with Crippen LogP contribution in [-0.4, -0.2) is 6.71 Å². The normalized spacial score (nSPS) is 13.2. The molecule has 0 saturated carbocycles. The van der Waals surface area contributed by atoms with Gasteiger partial charge in [-0.3, -0.25) is 0 Å². The summed E-state index contributed by atoms with van der Waals surface area (Å²) in [7, 11) is 0. The predicted molar refractivity (Wildman–Crippen MR) is 247 cm³/mol. The van der Waals surface area contributed by atoms with E-state index in [1.165, 1.54) is 85.5 Å². The zero-order valence-electron chi connectivity index (χ0n) is 30.3. The first kappa shape index (κ1) is 31.8. The van der Waals surface area contributed by atoms with Crippen molar-refractivity contribution in [1.82, 2.24) is 0 Å². The van der Waals surface area contributed by atoms with Crippen molar-refractivity contribution in [1.29, 1.82) is 0 Å². The molecule has 2 aliphatic rings. The van der Waals surface area contributed by atoms with Gasteiger partial charge in [-0.05, 0) is 105 Å². The summed E-state index contributed by atoms with van der Waals surface area (Å²) in [4.78, 5) is 5.09. The van der Waals surface area contributed by atoms with Gasteiger partial charge in [0.2, 0.25) is 0 Å². The van der Waals surface area contributed by atoms with Gasteiger partial charge in [-0.1, -0.05) is 97.1 Å². The van der Waals surface area contributed by atoms with Crippen LogP contribution in [0.5, 0.6) is 0 Å². The molecule has 0 fully saturated rings. The van der Waals surface area contributed by atoms with Gasteiger partial charge >= 0.3 is 0 Å². The minimum absolute atomic E-state index is 0.118. The highest BCUT2D eigenvalue weighted by Crippen LogP contribution is 2.53. The van der Waals surface area contributed by atoms with Crippen molar-refractivity contribution < 1.29 is 4.42 Å². The molecule has 266 valence electrons. The molecule has 4 aromatic heterocycles. The fourth-order valence-electron chi connectivity index (χ4n) is 9.58. The van der Waals surface area contributed by atoms with E-state index in [-0.39, 0.29) is 6.71 Å². The Bertz CT molecular complexity index is 3400. The van der Waals surface area contributed by atoms with Crippen LogP contribution in [0.2, 0.25) is 0 Å². The number of hydrogen-bond acceptors (Lipinski definition) is 6. The van der Waals surface area contributed by atoms with Crippen LogP contribution >= 0.6 is 34.0 Å². The molecule has 0 radical (unpaired) electrons. The summed E-state index contributed by atoms with van der Waals surface area (Å²) in [6.45, 7) is -0.118. The largest absolute Gasteiger partial charge is 0.468 e. The Balaban J connectivity index is 1.18. The van der Waals surface area contributed by atoms with Gasteiger partial charge in [0.1, 0.15) is 5.58 Å². The van der Waals surface area contributed by atoms with Crippen LogP contribution in [0.4, 0.5) is 33.4 Å². The molecule has 0 saturated heterocycles. The summed E-state index contributed by atoms with van der Waals surface area (Å²) in [6, 6.07) is 60.1. The maximum atomic E-state index is 7.21. The van der Waals surface area contributed by atoms with E-state index in [4.69, 9.17) is 4.42 Å². The minimum Gasteiger partial charge on any atom is -0.468 e. The number of thiophene rings is 3. The zero-order chi connectivity index (χ0) is 37.2. The molecule has 0 unspecified atom stereocenters. The molecule has 0 amide bonds. The molecule has 0 bridgehead atoms. The summed E-state index contributed by atoms with van der Waals surface area (Å²) < 4.78 is 11.0. The summed E-state index contributed by atoms with van der Waals surface area (Å²) in [5.41, 5.74) is 15.1. The number of para-hydroxylation sites is 1. The van der Waals surface area contributed by atoms with E-state index in [0.29, 0.717) is 0 Å². The number of rotatable bonds is 4. The molecule has 11 aromatic rings. The predicted octanol–water partition coefficient (Wildman–Crippen LogP) is 13.5. The van der Waals surface area contributed by atoms with Gasteiger partial charge < -0.3 is 14.2 Å². The lowest BCUT2D eigenvalue weighted by Crippen LogP contribution is -2.60. The lowest BCUT2D eigenvalue weighted by Gasteiger charge is -2.42. The topological polar surface area (TPSA) is 19.6 Å². The Morgan fingerprint density at radius 1 is 0.421 bits per heavy atom. The monoisotopic (exact) mass is 780 g/mol. The van der Waals surface area contributed by atoms with Gasteiger partial charge in [0, 0.05) is 52.8 Å². The van der Waals surface area contributed by atoms with Crippen LogP contribution in [0.15, 0.2) is 179 Å². The number of hydrogen-bond donors (Lipinski definition) is 0. The lowest BCUT2D eigenvalue weighted by molar-refractivity contribution is 0.651. The van der Waals surface area contributed by atoms with Gasteiger partial charge in [0.05, 0.1) is 27.7 Å². The van der Waals surface area contributed by atoms with Crippen molar-refractivity contribution in [3.63, 3.8) is 0 Å². The maximum absolute atomic E-state index is 7.21. The van der Waals surface area contributed by atoms with E-state index in [2.05, 4.69) is 184 Å². The number of benzene rings is 7. The Morgan fingerprint density at radius 2 is 1.00 bits per heavy atom. The molecule has 13 rings (SSSR count). The van der Waals surface area contributed by atoms with Crippen LogP contribution in [0, 0.1) is 0 Å². The molecule has 2 aliphatic heterocycles. The standard InChI is InChI=1S/C50H29BN2OS3/c1-3-12-30(13-4-1)44-33-26-28-55-41(33)24-22-36(44)52-38-18-11-19-39-47(38)51(49-48(52)32-16-7-9-20-40(32)54-49)46-35-17-8-10-21-43(35)57-50(46)53(39)37-23-25-42-34(27-29-56-42)45(37)31-14-5-2-6-15-31/h1-29H. The van der Waals surface area contributed by atoms with Crippen LogP contribution in [-0.2, 0) is 0 Å². The molecule has 0 N–H and O–H groups in total. The molecule has 0 aliphatic carbocycles. The molecule has 0 atom stereocenters. The van der Waals surface area contributed by atoms with Crippen LogP contribution in [0.3, 0.4) is 0 Å². The highest BCUT2D eigenvalue weighted by atomic mass is 32.1. The van der Waals surface area contributed by atoms with Gasteiger partial charge in [0.25, 0.3) is 6.71 Å². The van der Waals surface area contributed by atoms with E-state index < -0.39 is 0 Å². The fraction of sp³-hybridized carbons (Fsp3) is 0. The van der Waals surface area contributed by atoms with Crippen molar-refractivity contribution in [3.8, 4) is 22.3 Å². The number of anilines is 6. The number of nitrogens with zero attached hydrogens (tertiary/aromatic N) is 2. The first-order valence-electron chi connectivity index (χ1n) is 19.2. The Labute approximate surface area is 341 Å². The summed E-state index contributed by atoms with van der Waals surface area (Å²) in [6.07, 6.45) is 0. The van der Waals surface area contributed by atoms with Crippen molar-refractivity contribution in [2.45, 2.75) is 0 Å². The van der Waals surface area contributed by atoms with Gasteiger partial charge in [-0.25, -0.2) is 0 Å². The van der Waals surface area contributed by atoms with E-state index in [1.54, 1.807) is 22.7 Å². The minimum atomic E-state index is -0.118. The molecule has 57 heavy (non-hydrogen) atoms. The first-order valence-corrected chi connectivity index (χ1v) is 21.8. The van der Waals surface area contributed by atoms with Crippen molar-refractivity contribution in [2.75, 3.05) is 9.80 Å². The highest BCUT2D eigenvalue weighted by Gasteiger charge is 2.48. The number of furan rings is 1. The Hall–Kier alpha value is -6.38. The average Bonchev–Trinajstić information content (AvgIpc) is 4.09. The molecule has 0 spiro atoms. The fourth-order valence-corrected chi connectivity index (χ4v) is 12.4. The quantitative estimate of drug-likeness (QED) is 0.166. The van der Waals surface area contributed by atoms with Crippen molar-refractivity contribution in [2.24, 2.45) is 0 Å². The Kier molecular flexibility index (Phi) is 6.73. The molecule has 7 aromatic carbocycles. The maximum Gasteiger partial charge on any atom is 0.298 e. The lowest BCUT2D eigenvalue weighted by atomic mass is 9.35. The van der Waals surface area contributed by atoms with Crippen molar-refractivity contribution >= 4 is 132 Å². The van der Waals surface area contributed by atoms with Crippen molar-refractivity contribution in [3.05, 3.63) is 175 Å². The average molecular weight is 781 g/mol. The molecule has 3 nitrogen and oxygen atoms in total. The second kappa shape index (κ2) is 12.1. The van der Waals surface area contributed by atoms with Crippen LogP contribution in [0.25, 0.3) is 63.5 Å². The zero-order valence-corrected chi connectivity index (χ0v) is 32.8. The van der Waals surface area contributed by atoms with Crippen LogP contribution < -0.4 is 26.4 Å². The summed E-state index contributed by atoms with van der Waals surface area (Å²) in [5, 5.41) is 10.6. The summed E-state index contributed by atoms with van der Waals surface area (Å²) in [5.74, 6) is 0. The Morgan fingerprint density at radius 3 is 1.68 bits per heavy atom. The molecule has 7 heteroatoms. The second-order valence-corrected chi connectivity index (χ2v) is 17.7. The first-order chi connectivity index (χ1) is 28.3. The van der Waals surface area contributed by atoms with Gasteiger partial charge in [-0.2, -0.15) is 0 Å². The SMILES string of the molecule is c1ccc(-c2c(N3c4cccc5c4B(c4oc6ccccc6c4N5c4ccc5sccc5c4-c4ccccc4)c4c3sc3ccccc43)ccc3sccc23)cc1. The smallest absolute Gasteiger partial charge is 0.298 e. The third kappa shape index (κ3) is 4.42. The van der Waals surface area contributed by atoms with E-state index in [9.17, 15) is 0 Å².